The van der Waals surface area contributed by atoms with Gasteiger partial charge in [0, 0.05) is 38.5 Å². The highest BCUT2D eigenvalue weighted by molar-refractivity contribution is 7.89. The molecule has 0 saturated carbocycles. The van der Waals surface area contributed by atoms with E-state index >= 15 is 0 Å². The zero-order chi connectivity index (χ0) is 24.5. The van der Waals surface area contributed by atoms with Crippen molar-refractivity contribution in [3.05, 3.63) is 56.5 Å². The van der Waals surface area contributed by atoms with Crippen molar-refractivity contribution in [2.45, 2.75) is 30.6 Å². The second kappa shape index (κ2) is 9.23. The van der Waals surface area contributed by atoms with Gasteiger partial charge in [0.25, 0.3) is 11.5 Å². The third-order valence-electron chi connectivity index (χ3n) is 5.51. The van der Waals surface area contributed by atoms with Gasteiger partial charge in [-0.3, -0.25) is 34.8 Å². The summed E-state index contributed by atoms with van der Waals surface area (Å²) < 4.78 is 28.0. The number of nitrogens with one attached hydrogen (secondary N) is 4. The van der Waals surface area contributed by atoms with Crippen molar-refractivity contribution in [2.24, 2.45) is 7.05 Å². The van der Waals surface area contributed by atoms with Gasteiger partial charge < -0.3 is 4.98 Å². The monoisotopic (exact) mass is 489 g/mol. The average Bonchev–Trinajstić information content (AvgIpc) is 3.51. The zero-order valence-corrected chi connectivity index (χ0v) is 19.1. The highest BCUT2D eigenvalue weighted by Gasteiger charge is 2.27. The van der Waals surface area contributed by atoms with Crippen LogP contribution in [-0.2, 0) is 28.3 Å². The highest BCUT2D eigenvalue weighted by atomic mass is 32.2. The Morgan fingerprint density at radius 1 is 1.12 bits per heavy atom. The minimum absolute atomic E-state index is 0.0163. The number of imidazole rings is 1. The second-order valence-corrected chi connectivity index (χ2v) is 9.78. The van der Waals surface area contributed by atoms with Crippen LogP contribution in [0.2, 0.25) is 0 Å². The molecule has 4 rings (SSSR count). The van der Waals surface area contributed by atoms with Crippen LogP contribution in [0, 0.1) is 0 Å². The number of carbonyl (C=O) groups is 2. The SMILES string of the molecule is Cn1c(=O)[nH]c(=O)c2[nH]c(CCC(=O)NNC(=O)c3cccc(S(=O)(=O)N4CCCC4)c3)nc21. The molecule has 1 saturated heterocycles. The van der Waals surface area contributed by atoms with E-state index in [9.17, 15) is 27.6 Å². The first-order chi connectivity index (χ1) is 16.2. The van der Waals surface area contributed by atoms with Gasteiger partial charge in [0.05, 0.1) is 4.90 Å². The number of sulfonamides is 1. The number of nitrogens with zero attached hydrogens (tertiary/aromatic N) is 3. The number of carbonyl (C=O) groups excluding carboxylic acids is 2. The normalized spacial score (nSPS) is 14.4. The summed E-state index contributed by atoms with van der Waals surface area (Å²) in [6.07, 6.45) is 1.64. The Hall–Kier alpha value is -3.78. The van der Waals surface area contributed by atoms with Gasteiger partial charge in [-0.15, -0.1) is 0 Å². The van der Waals surface area contributed by atoms with Crippen molar-refractivity contribution in [2.75, 3.05) is 13.1 Å². The fourth-order valence-electron chi connectivity index (χ4n) is 3.64. The number of benzene rings is 1. The van der Waals surface area contributed by atoms with Crippen LogP contribution in [0.3, 0.4) is 0 Å². The van der Waals surface area contributed by atoms with E-state index in [2.05, 4.69) is 25.8 Å². The summed E-state index contributed by atoms with van der Waals surface area (Å²) in [4.78, 5) is 57.2. The summed E-state index contributed by atoms with van der Waals surface area (Å²) >= 11 is 0. The molecule has 0 spiro atoms. The van der Waals surface area contributed by atoms with Gasteiger partial charge in [0.1, 0.15) is 11.3 Å². The summed E-state index contributed by atoms with van der Waals surface area (Å²) in [6.45, 7) is 0.898. The van der Waals surface area contributed by atoms with Gasteiger partial charge >= 0.3 is 5.69 Å². The van der Waals surface area contributed by atoms with Crippen molar-refractivity contribution < 1.29 is 18.0 Å². The molecule has 1 aliphatic heterocycles. The van der Waals surface area contributed by atoms with Crippen LogP contribution in [0.15, 0.2) is 38.8 Å². The summed E-state index contributed by atoms with van der Waals surface area (Å²) in [5, 5.41) is 0. The van der Waals surface area contributed by atoms with E-state index < -0.39 is 33.1 Å². The number of aromatic amines is 2. The maximum absolute atomic E-state index is 12.7. The zero-order valence-electron chi connectivity index (χ0n) is 18.3. The third-order valence-corrected chi connectivity index (χ3v) is 7.40. The molecule has 3 heterocycles. The quantitative estimate of drug-likeness (QED) is 0.325. The molecule has 1 fully saturated rings. The Morgan fingerprint density at radius 2 is 1.85 bits per heavy atom. The van der Waals surface area contributed by atoms with Crippen molar-refractivity contribution in [3.63, 3.8) is 0 Å². The molecule has 0 bridgehead atoms. The molecule has 2 aromatic heterocycles. The molecule has 34 heavy (non-hydrogen) atoms. The lowest BCUT2D eigenvalue weighted by Crippen LogP contribution is -2.41. The maximum atomic E-state index is 12.7. The molecule has 1 aromatic carbocycles. The van der Waals surface area contributed by atoms with Crippen LogP contribution in [0.4, 0.5) is 0 Å². The lowest BCUT2D eigenvalue weighted by molar-refractivity contribution is -0.121. The first-order valence-electron chi connectivity index (χ1n) is 10.5. The standard InChI is InChI=1S/C20H23N7O6S/c1-26-17-16(19(30)23-20(26)31)21-14(22-17)7-8-15(28)24-25-18(29)12-5-4-6-13(11-12)34(32,33)27-9-2-3-10-27/h4-6,11H,2-3,7-10H2,1H3,(H,21,22)(H,24,28)(H,25,29)(H,23,30,31). The lowest BCUT2D eigenvalue weighted by atomic mass is 10.2. The average molecular weight is 490 g/mol. The van der Waals surface area contributed by atoms with Crippen LogP contribution >= 0.6 is 0 Å². The number of hydrogen-bond acceptors (Lipinski definition) is 7. The van der Waals surface area contributed by atoms with Crippen LogP contribution in [-0.4, -0.2) is 57.1 Å². The molecule has 180 valence electrons. The Labute approximate surface area is 193 Å². The molecule has 0 aliphatic carbocycles. The largest absolute Gasteiger partial charge is 0.336 e. The Morgan fingerprint density at radius 3 is 2.59 bits per heavy atom. The molecule has 3 aromatic rings. The van der Waals surface area contributed by atoms with Crippen molar-refractivity contribution in [1.29, 1.82) is 0 Å². The number of fused-ring (bicyclic) bond motifs is 1. The van der Waals surface area contributed by atoms with Crippen LogP contribution < -0.4 is 22.1 Å². The number of aromatic nitrogens is 4. The van der Waals surface area contributed by atoms with E-state index in [-0.39, 0.29) is 34.5 Å². The number of hydrazine groups is 1. The number of rotatable bonds is 6. The molecule has 1 aliphatic rings. The molecule has 4 N–H and O–H groups in total. The third kappa shape index (κ3) is 4.63. The molecule has 0 radical (unpaired) electrons. The smallest absolute Gasteiger partial charge is 0.329 e. The first kappa shape index (κ1) is 23.4. The molecule has 13 nitrogen and oxygen atoms in total. The Kier molecular flexibility index (Phi) is 6.34. The summed E-state index contributed by atoms with van der Waals surface area (Å²) in [5.41, 5.74) is 3.68. The molecule has 14 heteroatoms. The second-order valence-electron chi connectivity index (χ2n) is 7.84. The van der Waals surface area contributed by atoms with Gasteiger partial charge in [-0.1, -0.05) is 6.07 Å². The van der Waals surface area contributed by atoms with E-state index in [1.807, 2.05) is 0 Å². The van der Waals surface area contributed by atoms with Crippen molar-refractivity contribution in [3.8, 4) is 0 Å². The number of aryl methyl sites for hydroxylation is 2. The predicted molar refractivity (Wildman–Crippen MR) is 120 cm³/mol. The van der Waals surface area contributed by atoms with Crippen molar-refractivity contribution in [1.82, 2.24) is 34.7 Å². The number of amides is 2. The van der Waals surface area contributed by atoms with Crippen LogP contribution in [0.5, 0.6) is 0 Å². The minimum atomic E-state index is -3.68. The summed E-state index contributed by atoms with van der Waals surface area (Å²) in [5.74, 6) is -0.877. The van der Waals surface area contributed by atoms with Gasteiger partial charge in [-0.2, -0.15) is 4.31 Å². The van der Waals surface area contributed by atoms with Gasteiger partial charge in [0.15, 0.2) is 5.65 Å². The fourth-order valence-corrected chi connectivity index (χ4v) is 5.20. The van der Waals surface area contributed by atoms with Gasteiger partial charge in [-0.25, -0.2) is 18.2 Å². The summed E-state index contributed by atoms with van der Waals surface area (Å²) in [7, 11) is -2.22. The molecule has 0 unspecified atom stereocenters. The molecule has 0 atom stereocenters. The van der Waals surface area contributed by atoms with E-state index in [4.69, 9.17) is 0 Å². The maximum Gasteiger partial charge on any atom is 0.329 e. The highest BCUT2D eigenvalue weighted by Crippen LogP contribution is 2.21. The van der Waals surface area contributed by atoms with Crippen LogP contribution in [0.1, 0.15) is 35.4 Å². The molecule has 2 amide bonds. The van der Waals surface area contributed by atoms with E-state index in [1.165, 1.54) is 40.2 Å². The van der Waals surface area contributed by atoms with E-state index in [0.717, 1.165) is 12.8 Å². The molecular weight excluding hydrogens is 466 g/mol. The Bertz CT molecular complexity index is 1480. The van der Waals surface area contributed by atoms with E-state index in [1.54, 1.807) is 0 Å². The van der Waals surface area contributed by atoms with Crippen LogP contribution in [0.25, 0.3) is 11.2 Å². The van der Waals surface area contributed by atoms with Crippen molar-refractivity contribution >= 4 is 33.0 Å². The topological polar surface area (TPSA) is 179 Å². The van der Waals surface area contributed by atoms with Gasteiger partial charge in [-0.05, 0) is 31.0 Å². The Balaban J connectivity index is 1.35. The summed E-state index contributed by atoms with van der Waals surface area (Å²) in [6, 6.07) is 5.61. The number of hydrogen-bond donors (Lipinski definition) is 4. The van der Waals surface area contributed by atoms with Gasteiger partial charge in [0.2, 0.25) is 15.9 Å². The minimum Gasteiger partial charge on any atom is -0.336 e. The fraction of sp³-hybridized carbons (Fsp3) is 0.350. The lowest BCUT2D eigenvalue weighted by Gasteiger charge is -2.16. The predicted octanol–water partition coefficient (Wildman–Crippen LogP) is -0.872. The van der Waals surface area contributed by atoms with E-state index in [0.29, 0.717) is 18.9 Å². The first-order valence-corrected chi connectivity index (χ1v) is 12.0. The number of H-pyrrole nitrogens is 2. The molecular formula is C20H23N7O6S.